The molecule has 2 aliphatic heterocycles. The molecule has 4 nitrogen and oxygen atoms in total. The Labute approximate surface area is 188 Å². The van der Waals surface area contributed by atoms with Crippen LogP contribution in [0, 0.1) is 0 Å². The van der Waals surface area contributed by atoms with Crippen LogP contribution < -0.4 is 9.80 Å². The molecule has 0 unspecified atom stereocenters. The second kappa shape index (κ2) is 7.87. The number of amides is 1. The number of amidine groups is 1. The molecule has 3 aromatic carbocycles. The first-order chi connectivity index (χ1) is 14.6. The zero-order valence-electron chi connectivity index (χ0n) is 15.9. The van der Waals surface area contributed by atoms with Crippen molar-refractivity contribution in [3.63, 3.8) is 0 Å². The number of anilines is 2. The number of thioether (sulfide) groups is 2. The normalized spacial score (nSPS) is 19.7. The zero-order valence-corrected chi connectivity index (χ0v) is 18.3. The molecule has 0 N–H and O–H groups in total. The Morgan fingerprint density at radius 3 is 2.33 bits per heavy atom. The van der Waals surface area contributed by atoms with Crippen LogP contribution >= 0.6 is 35.1 Å². The van der Waals surface area contributed by atoms with Crippen LogP contribution in [0.2, 0.25) is 5.02 Å². The molecule has 0 radical (unpaired) electrons. The number of carbonyl (C=O) groups excluding carboxylic acids is 1. The Morgan fingerprint density at radius 2 is 1.60 bits per heavy atom. The molecule has 0 aromatic heterocycles. The molecular weight excluding hydrogens is 434 g/mol. The van der Waals surface area contributed by atoms with Crippen molar-refractivity contribution in [1.29, 1.82) is 0 Å². The number of carbonyl (C=O) groups is 1. The van der Waals surface area contributed by atoms with Gasteiger partial charge in [0, 0.05) is 17.0 Å². The minimum atomic E-state index is -0.0749. The molecular formula is C23H16ClN3OS2. The summed E-state index contributed by atoms with van der Waals surface area (Å²) in [4.78, 5) is 23.8. The van der Waals surface area contributed by atoms with Crippen LogP contribution in [0.4, 0.5) is 17.1 Å². The van der Waals surface area contributed by atoms with Gasteiger partial charge < -0.3 is 4.90 Å². The number of nitrogens with zero attached hydrogens (tertiary/aromatic N) is 3. The zero-order chi connectivity index (χ0) is 20.7. The van der Waals surface area contributed by atoms with Gasteiger partial charge in [-0.3, -0.25) is 9.69 Å². The predicted octanol–water partition coefficient (Wildman–Crippen LogP) is 6.52. The number of halogens is 1. The molecule has 7 heteroatoms. The summed E-state index contributed by atoms with van der Waals surface area (Å²) in [6.45, 7) is 0. The van der Waals surface area contributed by atoms with Crippen LogP contribution in [0.25, 0.3) is 0 Å². The molecule has 0 aliphatic carbocycles. The van der Waals surface area contributed by atoms with Crippen LogP contribution in [-0.2, 0) is 4.79 Å². The average Bonchev–Trinajstić information content (AvgIpc) is 3.26. The summed E-state index contributed by atoms with van der Waals surface area (Å²) in [5, 5.41) is 2.21. The van der Waals surface area contributed by atoms with E-state index in [4.69, 9.17) is 16.6 Å². The maximum atomic E-state index is 13.6. The SMILES string of the molecule is CN1C(=C2SC(=Nc3ccccc3)N(c3ccccc3)C2=O)Sc2ccc(Cl)cc21. The summed E-state index contributed by atoms with van der Waals surface area (Å²) >= 11 is 9.18. The molecule has 1 fully saturated rings. The van der Waals surface area contributed by atoms with Gasteiger partial charge in [0.2, 0.25) is 0 Å². The molecule has 148 valence electrons. The van der Waals surface area contributed by atoms with Gasteiger partial charge in [0.25, 0.3) is 5.91 Å². The van der Waals surface area contributed by atoms with Crippen LogP contribution in [0.3, 0.4) is 0 Å². The van der Waals surface area contributed by atoms with Gasteiger partial charge in [0.15, 0.2) is 5.17 Å². The first-order valence-electron chi connectivity index (χ1n) is 9.28. The maximum absolute atomic E-state index is 13.6. The van der Waals surface area contributed by atoms with Crippen molar-refractivity contribution in [2.75, 3.05) is 16.8 Å². The van der Waals surface area contributed by atoms with E-state index in [-0.39, 0.29) is 5.91 Å². The van der Waals surface area contributed by atoms with Crippen molar-refractivity contribution in [3.05, 3.63) is 93.8 Å². The van der Waals surface area contributed by atoms with Gasteiger partial charge in [-0.1, -0.05) is 59.8 Å². The van der Waals surface area contributed by atoms with Crippen molar-refractivity contribution < 1.29 is 4.79 Å². The lowest BCUT2D eigenvalue weighted by Gasteiger charge is -2.16. The molecule has 5 rings (SSSR count). The largest absolute Gasteiger partial charge is 0.337 e. The van der Waals surface area contributed by atoms with Gasteiger partial charge in [-0.25, -0.2) is 4.99 Å². The van der Waals surface area contributed by atoms with Crippen molar-refractivity contribution >= 4 is 63.3 Å². The average molecular weight is 450 g/mol. The van der Waals surface area contributed by atoms with Gasteiger partial charge in [0.05, 0.1) is 22.1 Å². The number of para-hydroxylation sites is 2. The predicted molar refractivity (Wildman–Crippen MR) is 128 cm³/mol. The van der Waals surface area contributed by atoms with Crippen LogP contribution in [0.5, 0.6) is 0 Å². The molecule has 0 saturated carbocycles. The van der Waals surface area contributed by atoms with Gasteiger partial charge in [-0.15, -0.1) is 0 Å². The summed E-state index contributed by atoms with van der Waals surface area (Å²) in [6, 6.07) is 25.1. The Morgan fingerprint density at radius 1 is 0.900 bits per heavy atom. The Bertz CT molecular complexity index is 1200. The molecule has 2 heterocycles. The number of fused-ring (bicyclic) bond motifs is 1. The lowest BCUT2D eigenvalue weighted by atomic mass is 10.3. The first kappa shape index (κ1) is 19.3. The number of rotatable bonds is 2. The first-order valence-corrected chi connectivity index (χ1v) is 11.3. The van der Waals surface area contributed by atoms with E-state index in [0.717, 1.165) is 27.0 Å². The Hall–Kier alpha value is -2.67. The maximum Gasteiger partial charge on any atom is 0.274 e. The second-order valence-electron chi connectivity index (χ2n) is 6.72. The highest BCUT2D eigenvalue weighted by Gasteiger charge is 2.40. The molecule has 0 spiro atoms. The van der Waals surface area contributed by atoms with E-state index in [0.29, 0.717) is 15.1 Å². The van der Waals surface area contributed by atoms with E-state index in [1.54, 1.807) is 16.7 Å². The quantitative estimate of drug-likeness (QED) is 0.417. The Balaban J connectivity index is 1.61. The van der Waals surface area contributed by atoms with Gasteiger partial charge in [-0.2, -0.15) is 0 Å². The lowest BCUT2D eigenvalue weighted by Crippen LogP contribution is -2.29. The van der Waals surface area contributed by atoms with E-state index in [1.165, 1.54) is 11.8 Å². The molecule has 2 aliphatic rings. The van der Waals surface area contributed by atoms with Crippen LogP contribution in [0.15, 0.2) is 98.7 Å². The molecule has 0 bridgehead atoms. The molecule has 0 atom stereocenters. The summed E-state index contributed by atoms with van der Waals surface area (Å²) < 4.78 is 0. The van der Waals surface area contributed by atoms with E-state index in [2.05, 4.69) is 0 Å². The highest BCUT2D eigenvalue weighted by Crippen LogP contribution is 2.51. The third-order valence-corrected chi connectivity index (χ3v) is 7.39. The summed E-state index contributed by atoms with van der Waals surface area (Å²) in [5.41, 5.74) is 2.61. The van der Waals surface area contributed by atoms with Crippen molar-refractivity contribution in [3.8, 4) is 0 Å². The molecule has 1 saturated heterocycles. The van der Waals surface area contributed by atoms with E-state index in [9.17, 15) is 4.79 Å². The second-order valence-corrected chi connectivity index (χ2v) is 9.16. The van der Waals surface area contributed by atoms with Gasteiger partial charge >= 0.3 is 0 Å². The van der Waals surface area contributed by atoms with Gasteiger partial charge in [-0.05, 0) is 54.2 Å². The standard InChI is InChI=1S/C23H16ClN3OS2/c1-26-18-14-15(24)12-13-19(18)29-22(26)20-21(28)27(17-10-6-3-7-11-17)23(30-20)25-16-8-4-2-5-9-16/h2-14H,1H3. The molecule has 3 aromatic rings. The number of hydrogen-bond donors (Lipinski definition) is 0. The number of hydrogen-bond acceptors (Lipinski definition) is 5. The van der Waals surface area contributed by atoms with Gasteiger partial charge in [0.1, 0.15) is 4.91 Å². The van der Waals surface area contributed by atoms with Crippen LogP contribution in [-0.4, -0.2) is 18.1 Å². The third-order valence-electron chi connectivity index (χ3n) is 4.77. The van der Waals surface area contributed by atoms with E-state index in [1.807, 2.05) is 90.8 Å². The van der Waals surface area contributed by atoms with Crippen LogP contribution in [0.1, 0.15) is 0 Å². The minimum absolute atomic E-state index is 0.0749. The number of aliphatic imine (C=N–C) groups is 1. The fourth-order valence-electron chi connectivity index (χ4n) is 3.31. The molecule has 1 amide bonds. The highest BCUT2D eigenvalue weighted by atomic mass is 35.5. The topological polar surface area (TPSA) is 35.9 Å². The van der Waals surface area contributed by atoms with E-state index < -0.39 is 0 Å². The third kappa shape index (κ3) is 3.41. The summed E-state index contributed by atoms with van der Waals surface area (Å²) in [6.07, 6.45) is 0. The fourth-order valence-corrected chi connectivity index (χ4v) is 5.81. The monoisotopic (exact) mass is 449 g/mol. The van der Waals surface area contributed by atoms with E-state index >= 15 is 0 Å². The molecule has 30 heavy (non-hydrogen) atoms. The highest BCUT2D eigenvalue weighted by molar-refractivity contribution is 8.20. The Kier molecular flexibility index (Phi) is 5.06. The van der Waals surface area contributed by atoms with Crippen molar-refractivity contribution in [1.82, 2.24) is 0 Å². The number of benzene rings is 3. The van der Waals surface area contributed by atoms with Crippen molar-refractivity contribution in [2.45, 2.75) is 4.90 Å². The summed E-state index contributed by atoms with van der Waals surface area (Å²) in [7, 11) is 1.96. The summed E-state index contributed by atoms with van der Waals surface area (Å²) in [5.74, 6) is -0.0749. The lowest BCUT2D eigenvalue weighted by molar-refractivity contribution is -0.113. The minimum Gasteiger partial charge on any atom is -0.337 e. The van der Waals surface area contributed by atoms with Crippen molar-refractivity contribution in [2.24, 2.45) is 4.99 Å². The smallest absolute Gasteiger partial charge is 0.274 e. The fraction of sp³-hybridized carbons (Fsp3) is 0.0435.